The highest BCUT2D eigenvalue weighted by Gasteiger charge is 2.58. The summed E-state index contributed by atoms with van der Waals surface area (Å²) < 4.78 is 0. The first kappa shape index (κ1) is 17.9. The van der Waals surface area contributed by atoms with Crippen molar-refractivity contribution in [1.82, 2.24) is 20.2 Å². The highest BCUT2D eigenvalue weighted by atomic mass is 32.2. The van der Waals surface area contributed by atoms with Crippen molar-refractivity contribution in [2.75, 3.05) is 18.8 Å². The third kappa shape index (κ3) is 2.57. The Bertz CT molecular complexity index is 1110. The second-order valence-corrected chi connectivity index (χ2v) is 8.15. The second kappa shape index (κ2) is 6.41. The van der Waals surface area contributed by atoms with Gasteiger partial charge in [-0.3, -0.25) is 19.2 Å². The number of H-pyrrole nitrogens is 1. The molecule has 0 saturated carbocycles. The Morgan fingerprint density at radius 2 is 1.86 bits per heavy atom. The van der Waals surface area contributed by atoms with E-state index in [9.17, 15) is 19.2 Å². The normalized spacial score (nSPS) is 23.5. The Morgan fingerprint density at radius 3 is 2.59 bits per heavy atom. The van der Waals surface area contributed by atoms with Crippen LogP contribution >= 0.6 is 11.8 Å². The molecule has 8 nitrogen and oxygen atoms in total. The lowest BCUT2D eigenvalue weighted by atomic mass is 9.78. The van der Waals surface area contributed by atoms with Crippen LogP contribution in [-0.4, -0.2) is 62.6 Å². The van der Waals surface area contributed by atoms with Crippen LogP contribution in [0.1, 0.15) is 26.5 Å². The molecule has 2 aromatic rings. The van der Waals surface area contributed by atoms with E-state index >= 15 is 0 Å². The van der Waals surface area contributed by atoms with Crippen LogP contribution in [0.4, 0.5) is 0 Å². The molecule has 1 spiro atoms. The zero-order chi connectivity index (χ0) is 20.2. The fraction of sp³-hybridized carbons (Fsp3) is 0.250. The molecule has 2 amide bonds. The summed E-state index contributed by atoms with van der Waals surface area (Å²) in [4.78, 5) is 60.9. The van der Waals surface area contributed by atoms with Crippen LogP contribution < -0.4 is 5.32 Å². The third-order valence-corrected chi connectivity index (χ3v) is 6.70. The van der Waals surface area contributed by atoms with Gasteiger partial charge in [0.2, 0.25) is 11.7 Å². The maximum Gasteiger partial charge on any atom is 0.254 e. The molecule has 1 aromatic heterocycles. The van der Waals surface area contributed by atoms with Crippen molar-refractivity contribution in [3.63, 3.8) is 0 Å². The zero-order valence-corrected chi connectivity index (χ0v) is 16.0. The summed E-state index contributed by atoms with van der Waals surface area (Å²) in [6.07, 6.45) is 3.77. The molecule has 1 unspecified atom stereocenters. The van der Waals surface area contributed by atoms with E-state index in [1.165, 1.54) is 4.90 Å². The number of aromatic amines is 1. The minimum atomic E-state index is -1.50. The molecule has 5 rings (SSSR count). The lowest BCUT2D eigenvalue weighted by Crippen LogP contribution is -2.69. The number of ketones is 2. The average molecular weight is 408 g/mol. The minimum absolute atomic E-state index is 0.0900. The Kier molecular flexibility index (Phi) is 3.95. The number of allylic oxidation sites excluding steroid dienone is 1. The number of hydrogen-bond acceptors (Lipinski definition) is 6. The van der Waals surface area contributed by atoms with E-state index in [0.29, 0.717) is 17.8 Å². The minimum Gasteiger partial charge on any atom is -0.349 e. The number of carbonyl (C=O) groups excluding carboxylic acids is 4. The number of rotatable bonds is 3. The number of nitrogens with zero attached hydrogens (tertiary/aromatic N) is 2. The summed E-state index contributed by atoms with van der Waals surface area (Å²) in [5.74, 6) is -0.519. The lowest BCUT2D eigenvalue weighted by Gasteiger charge is -2.40. The predicted octanol–water partition coefficient (Wildman–Crippen LogP) is 0.729. The number of hydrogen-bond donors (Lipinski definition) is 2. The molecule has 2 aliphatic heterocycles. The molecule has 2 N–H and O–H groups in total. The smallest absolute Gasteiger partial charge is 0.254 e. The molecule has 0 bridgehead atoms. The van der Waals surface area contributed by atoms with E-state index in [-0.39, 0.29) is 58.3 Å². The van der Waals surface area contributed by atoms with Crippen LogP contribution in [0.25, 0.3) is 0 Å². The van der Waals surface area contributed by atoms with Crippen molar-refractivity contribution < 1.29 is 19.2 Å². The Balaban J connectivity index is 1.53. The number of aromatic nitrogens is 2. The van der Waals surface area contributed by atoms with Gasteiger partial charge in [0.25, 0.3) is 5.91 Å². The fourth-order valence-corrected chi connectivity index (χ4v) is 5.45. The van der Waals surface area contributed by atoms with Crippen LogP contribution in [0, 0.1) is 0 Å². The number of carbonyl (C=O) groups is 4. The molecule has 0 radical (unpaired) electrons. The second-order valence-electron chi connectivity index (χ2n) is 7.16. The van der Waals surface area contributed by atoms with Crippen molar-refractivity contribution in [3.05, 3.63) is 64.1 Å². The molecule has 1 saturated heterocycles. The SMILES string of the molecule is O=C1CN(CCc2ncc[nH]2)C(=O)C2(CSC3=C2C(=O)c2ccccc2C3=O)N1. The molecule has 1 aromatic carbocycles. The topological polar surface area (TPSA) is 112 Å². The van der Waals surface area contributed by atoms with Gasteiger partial charge >= 0.3 is 0 Å². The quantitative estimate of drug-likeness (QED) is 0.774. The van der Waals surface area contributed by atoms with Crippen molar-refractivity contribution in [1.29, 1.82) is 0 Å². The van der Waals surface area contributed by atoms with Crippen LogP contribution in [0.2, 0.25) is 0 Å². The summed E-state index contributed by atoms with van der Waals surface area (Å²) >= 11 is 1.16. The molecule has 146 valence electrons. The van der Waals surface area contributed by atoms with Gasteiger partial charge in [0, 0.05) is 42.2 Å². The van der Waals surface area contributed by atoms with E-state index in [0.717, 1.165) is 11.8 Å². The summed E-state index contributed by atoms with van der Waals surface area (Å²) in [5, 5.41) is 2.74. The van der Waals surface area contributed by atoms with Crippen molar-refractivity contribution >= 4 is 35.1 Å². The van der Waals surface area contributed by atoms with Crippen LogP contribution in [-0.2, 0) is 16.0 Å². The predicted molar refractivity (Wildman–Crippen MR) is 104 cm³/mol. The number of benzene rings is 1. The largest absolute Gasteiger partial charge is 0.349 e. The molecule has 1 atom stereocenters. The van der Waals surface area contributed by atoms with Gasteiger partial charge in [0.1, 0.15) is 5.82 Å². The van der Waals surface area contributed by atoms with Gasteiger partial charge in [-0.2, -0.15) is 0 Å². The molecule has 9 heteroatoms. The monoisotopic (exact) mass is 408 g/mol. The van der Waals surface area contributed by atoms with Gasteiger partial charge in [-0.25, -0.2) is 4.98 Å². The van der Waals surface area contributed by atoms with E-state index < -0.39 is 5.54 Å². The van der Waals surface area contributed by atoms with Gasteiger partial charge < -0.3 is 15.2 Å². The Hall–Kier alpha value is -3.20. The molecular formula is C20H16N4O4S. The standard InChI is InChI=1S/C20H16N4O4S/c25-14-9-24(8-5-13-21-6-7-22-13)19(28)20(23-14)10-29-18-15(20)16(26)11-3-1-2-4-12(11)17(18)27/h1-4,6-7H,5,8-10H2,(H,21,22)(H,23,25). The molecule has 3 aliphatic rings. The van der Waals surface area contributed by atoms with Crippen LogP contribution in [0.15, 0.2) is 47.1 Å². The van der Waals surface area contributed by atoms with E-state index in [1.807, 2.05) is 0 Å². The highest BCUT2D eigenvalue weighted by Crippen LogP contribution is 2.46. The molecule has 1 aliphatic carbocycles. The van der Waals surface area contributed by atoms with E-state index in [1.54, 1.807) is 36.7 Å². The summed E-state index contributed by atoms with van der Waals surface area (Å²) in [6.45, 7) is 0.195. The first-order chi connectivity index (χ1) is 14.0. The zero-order valence-electron chi connectivity index (χ0n) is 15.2. The maximum atomic E-state index is 13.4. The highest BCUT2D eigenvalue weighted by molar-refractivity contribution is 8.04. The number of amides is 2. The number of Topliss-reactive ketones (excluding diaryl/α,β-unsaturated/α-hetero) is 2. The fourth-order valence-electron chi connectivity index (χ4n) is 4.10. The number of thioether (sulfide) groups is 1. The number of imidazole rings is 1. The number of piperazine rings is 1. The van der Waals surface area contributed by atoms with Crippen molar-refractivity contribution in [2.45, 2.75) is 12.0 Å². The molecular weight excluding hydrogens is 392 g/mol. The van der Waals surface area contributed by atoms with E-state index in [2.05, 4.69) is 15.3 Å². The molecule has 29 heavy (non-hydrogen) atoms. The lowest BCUT2D eigenvalue weighted by molar-refractivity contribution is -0.147. The maximum absolute atomic E-state index is 13.4. The Labute approximate surface area is 169 Å². The van der Waals surface area contributed by atoms with Gasteiger partial charge in [-0.1, -0.05) is 24.3 Å². The molecule has 1 fully saturated rings. The summed E-state index contributed by atoms with van der Waals surface area (Å²) in [6, 6.07) is 6.58. The van der Waals surface area contributed by atoms with Gasteiger partial charge in [-0.05, 0) is 0 Å². The van der Waals surface area contributed by atoms with Gasteiger partial charge in [0.05, 0.1) is 17.0 Å². The Morgan fingerprint density at radius 1 is 1.10 bits per heavy atom. The molecule has 3 heterocycles. The average Bonchev–Trinajstić information content (AvgIpc) is 3.37. The summed E-state index contributed by atoms with van der Waals surface area (Å²) in [7, 11) is 0. The van der Waals surface area contributed by atoms with Crippen LogP contribution in [0.5, 0.6) is 0 Å². The van der Waals surface area contributed by atoms with Crippen LogP contribution in [0.3, 0.4) is 0 Å². The number of nitrogens with one attached hydrogen (secondary N) is 2. The first-order valence-electron chi connectivity index (χ1n) is 9.16. The number of fused-ring (bicyclic) bond motifs is 2. The van der Waals surface area contributed by atoms with Gasteiger partial charge in [-0.15, -0.1) is 11.8 Å². The van der Waals surface area contributed by atoms with E-state index in [4.69, 9.17) is 0 Å². The van der Waals surface area contributed by atoms with Crippen molar-refractivity contribution in [2.24, 2.45) is 0 Å². The van der Waals surface area contributed by atoms with Gasteiger partial charge in [0.15, 0.2) is 11.3 Å². The third-order valence-electron chi connectivity index (χ3n) is 5.45. The van der Waals surface area contributed by atoms with Crippen molar-refractivity contribution in [3.8, 4) is 0 Å². The first-order valence-corrected chi connectivity index (χ1v) is 10.1. The summed E-state index contributed by atoms with van der Waals surface area (Å²) in [5.41, 5.74) is -0.788.